The van der Waals surface area contributed by atoms with Crippen LogP contribution in [-0.4, -0.2) is 19.7 Å². The van der Waals surface area contributed by atoms with Crippen LogP contribution in [0.3, 0.4) is 0 Å². The monoisotopic (exact) mass is 312 g/mol. The van der Waals surface area contributed by atoms with Crippen LogP contribution in [0.15, 0.2) is 48.5 Å². The van der Waals surface area contributed by atoms with Crippen molar-refractivity contribution in [2.24, 2.45) is 0 Å². The molecule has 2 rings (SSSR count). The number of halogens is 1. The molecule has 23 heavy (non-hydrogen) atoms. The Morgan fingerprint density at radius 1 is 1.17 bits per heavy atom. The summed E-state index contributed by atoms with van der Waals surface area (Å²) >= 11 is 0. The SMILES string of the molecule is COc1ccc(CNC(=O)NCC#Cc2ccccc2)cc1F. The Morgan fingerprint density at radius 3 is 2.65 bits per heavy atom. The van der Waals surface area contributed by atoms with E-state index in [9.17, 15) is 9.18 Å². The molecule has 0 aromatic heterocycles. The van der Waals surface area contributed by atoms with Crippen molar-refractivity contribution in [1.29, 1.82) is 0 Å². The van der Waals surface area contributed by atoms with E-state index in [0.29, 0.717) is 5.56 Å². The van der Waals surface area contributed by atoms with E-state index >= 15 is 0 Å². The van der Waals surface area contributed by atoms with Crippen LogP contribution in [0, 0.1) is 17.7 Å². The zero-order valence-corrected chi connectivity index (χ0v) is 12.7. The molecule has 2 amide bonds. The van der Waals surface area contributed by atoms with E-state index in [0.717, 1.165) is 5.56 Å². The molecule has 5 heteroatoms. The second-order valence-corrected chi connectivity index (χ2v) is 4.67. The number of benzene rings is 2. The Morgan fingerprint density at radius 2 is 1.96 bits per heavy atom. The zero-order valence-electron chi connectivity index (χ0n) is 12.7. The molecule has 0 saturated heterocycles. The van der Waals surface area contributed by atoms with Crippen molar-refractivity contribution in [3.63, 3.8) is 0 Å². The second-order valence-electron chi connectivity index (χ2n) is 4.67. The molecule has 0 atom stereocenters. The largest absolute Gasteiger partial charge is 0.494 e. The van der Waals surface area contributed by atoms with Gasteiger partial charge in [0.1, 0.15) is 0 Å². The third-order valence-electron chi connectivity index (χ3n) is 3.01. The quantitative estimate of drug-likeness (QED) is 0.853. The molecule has 0 spiro atoms. The van der Waals surface area contributed by atoms with Crippen molar-refractivity contribution in [3.05, 3.63) is 65.5 Å². The number of ether oxygens (including phenoxy) is 1. The highest BCUT2D eigenvalue weighted by atomic mass is 19.1. The Labute approximate surface area is 134 Å². The van der Waals surface area contributed by atoms with Gasteiger partial charge >= 0.3 is 6.03 Å². The van der Waals surface area contributed by atoms with Crippen molar-refractivity contribution < 1.29 is 13.9 Å². The van der Waals surface area contributed by atoms with E-state index in [1.807, 2.05) is 30.3 Å². The summed E-state index contributed by atoms with van der Waals surface area (Å²) in [4.78, 5) is 11.6. The Kier molecular flexibility index (Phi) is 6.01. The van der Waals surface area contributed by atoms with Crippen molar-refractivity contribution in [2.45, 2.75) is 6.54 Å². The highest BCUT2D eigenvalue weighted by Gasteiger charge is 2.04. The van der Waals surface area contributed by atoms with E-state index in [-0.39, 0.29) is 24.9 Å². The van der Waals surface area contributed by atoms with Crippen molar-refractivity contribution in [1.82, 2.24) is 10.6 Å². The fourth-order valence-corrected chi connectivity index (χ4v) is 1.86. The molecular formula is C18H17FN2O2. The molecule has 0 saturated carbocycles. The number of rotatable bonds is 4. The molecule has 0 unspecified atom stereocenters. The number of carbonyl (C=O) groups excluding carboxylic acids is 1. The molecule has 118 valence electrons. The molecule has 0 bridgehead atoms. The maximum Gasteiger partial charge on any atom is 0.315 e. The molecule has 0 aliphatic rings. The fraction of sp³-hybridized carbons (Fsp3) is 0.167. The van der Waals surface area contributed by atoms with E-state index in [2.05, 4.69) is 22.5 Å². The lowest BCUT2D eigenvalue weighted by molar-refractivity contribution is 0.241. The summed E-state index contributed by atoms with van der Waals surface area (Å²) < 4.78 is 18.4. The summed E-state index contributed by atoms with van der Waals surface area (Å²) in [5, 5.41) is 5.26. The normalized spacial score (nSPS) is 9.48. The number of hydrogen-bond donors (Lipinski definition) is 2. The molecule has 2 aromatic rings. The molecule has 0 aliphatic heterocycles. The van der Waals surface area contributed by atoms with Crippen LogP contribution in [0.4, 0.5) is 9.18 Å². The smallest absolute Gasteiger partial charge is 0.315 e. The third-order valence-corrected chi connectivity index (χ3v) is 3.01. The molecule has 0 fully saturated rings. The van der Waals surface area contributed by atoms with Gasteiger partial charge in [0.2, 0.25) is 0 Å². The van der Waals surface area contributed by atoms with E-state index < -0.39 is 5.82 Å². The molecule has 0 radical (unpaired) electrons. The van der Waals surface area contributed by atoms with Gasteiger partial charge in [-0.1, -0.05) is 36.1 Å². The fourth-order valence-electron chi connectivity index (χ4n) is 1.86. The van der Waals surface area contributed by atoms with Crippen molar-refractivity contribution >= 4 is 6.03 Å². The number of methoxy groups -OCH3 is 1. The molecule has 2 N–H and O–H groups in total. The van der Waals surface area contributed by atoms with E-state index in [1.165, 1.54) is 19.2 Å². The van der Waals surface area contributed by atoms with Crippen molar-refractivity contribution in [2.75, 3.05) is 13.7 Å². The minimum atomic E-state index is -0.457. The number of amides is 2. The first-order valence-electron chi connectivity index (χ1n) is 7.07. The van der Waals surface area contributed by atoms with Crippen LogP contribution in [0.1, 0.15) is 11.1 Å². The maximum absolute atomic E-state index is 13.5. The average Bonchev–Trinajstić information content (AvgIpc) is 2.58. The number of hydrogen-bond acceptors (Lipinski definition) is 2. The van der Waals surface area contributed by atoms with Gasteiger partial charge in [-0.05, 0) is 29.8 Å². The van der Waals surface area contributed by atoms with Gasteiger partial charge in [0.15, 0.2) is 11.6 Å². The lowest BCUT2D eigenvalue weighted by Crippen LogP contribution is -2.35. The second kappa shape index (κ2) is 8.44. The van der Waals surface area contributed by atoms with Crippen LogP contribution in [-0.2, 0) is 6.54 Å². The lowest BCUT2D eigenvalue weighted by Gasteiger charge is -2.07. The Bertz CT molecular complexity index is 721. The summed E-state index contributed by atoms with van der Waals surface area (Å²) in [5.41, 5.74) is 1.54. The molecule has 0 heterocycles. The van der Waals surface area contributed by atoms with Crippen LogP contribution in [0.5, 0.6) is 5.75 Å². The number of nitrogens with one attached hydrogen (secondary N) is 2. The maximum atomic E-state index is 13.5. The molecular weight excluding hydrogens is 295 g/mol. The first kappa shape index (κ1) is 16.4. The van der Waals surface area contributed by atoms with Gasteiger partial charge in [-0.25, -0.2) is 9.18 Å². The summed E-state index contributed by atoms with van der Waals surface area (Å²) in [7, 11) is 1.40. The van der Waals surface area contributed by atoms with Gasteiger partial charge in [-0.3, -0.25) is 0 Å². The summed E-state index contributed by atoms with van der Waals surface area (Å²) in [6.07, 6.45) is 0. The first-order chi connectivity index (χ1) is 11.2. The summed E-state index contributed by atoms with van der Waals surface area (Å²) in [5.74, 6) is 5.51. The molecule has 0 aliphatic carbocycles. The van der Waals surface area contributed by atoms with Gasteiger partial charge in [-0.15, -0.1) is 0 Å². The number of urea groups is 1. The van der Waals surface area contributed by atoms with Crippen molar-refractivity contribution in [3.8, 4) is 17.6 Å². The van der Waals surface area contributed by atoms with E-state index in [1.54, 1.807) is 6.07 Å². The lowest BCUT2D eigenvalue weighted by atomic mass is 10.2. The zero-order chi connectivity index (χ0) is 16.5. The highest BCUT2D eigenvalue weighted by Crippen LogP contribution is 2.17. The van der Waals surface area contributed by atoms with Crippen LogP contribution in [0.25, 0.3) is 0 Å². The van der Waals surface area contributed by atoms with Gasteiger partial charge < -0.3 is 15.4 Å². The molecule has 4 nitrogen and oxygen atoms in total. The standard InChI is InChI=1S/C18H17FN2O2/c1-23-17-10-9-15(12-16(17)19)13-21-18(22)20-11-5-8-14-6-3-2-4-7-14/h2-4,6-7,9-10,12H,11,13H2,1H3,(H2,20,21,22). The Balaban J connectivity index is 1.75. The number of carbonyl (C=O) groups is 1. The van der Waals surface area contributed by atoms with E-state index in [4.69, 9.17) is 4.74 Å². The van der Waals surface area contributed by atoms with Gasteiger partial charge in [0.05, 0.1) is 13.7 Å². The summed E-state index contributed by atoms with van der Waals surface area (Å²) in [6, 6.07) is 13.7. The van der Waals surface area contributed by atoms with Crippen LogP contribution >= 0.6 is 0 Å². The predicted octanol–water partition coefficient (Wildman–Crippen LogP) is 2.69. The van der Waals surface area contributed by atoms with Gasteiger partial charge in [0, 0.05) is 12.1 Å². The van der Waals surface area contributed by atoms with Gasteiger partial charge in [0.25, 0.3) is 0 Å². The van der Waals surface area contributed by atoms with Crippen LogP contribution < -0.4 is 15.4 Å². The van der Waals surface area contributed by atoms with Crippen LogP contribution in [0.2, 0.25) is 0 Å². The predicted molar refractivity (Wildman–Crippen MR) is 86.5 cm³/mol. The minimum absolute atomic E-state index is 0.175. The Hall–Kier alpha value is -3.00. The topological polar surface area (TPSA) is 50.4 Å². The highest BCUT2D eigenvalue weighted by molar-refractivity contribution is 5.74. The summed E-state index contributed by atoms with van der Waals surface area (Å²) in [6.45, 7) is 0.455. The van der Waals surface area contributed by atoms with Gasteiger partial charge in [-0.2, -0.15) is 0 Å². The third kappa shape index (κ3) is 5.36. The average molecular weight is 312 g/mol. The minimum Gasteiger partial charge on any atom is -0.494 e. The first-order valence-corrected chi connectivity index (χ1v) is 7.07. The molecule has 2 aromatic carbocycles.